The molecule has 1 fully saturated rings. The molecule has 1 aromatic rings. The molecule has 2 rings (SSSR count). The van der Waals surface area contributed by atoms with Crippen LogP contribution in [0, 0.1) is 26.2 Å². The summed E-state index contributed by atoms with van der Waals surface area (Å²) >= 11 is 0. The number of aryl methyl sites for hydroxylation is 3. The maximum Gasteiger partial charge on any atom is 0.163 e. The van der Waals surface area contributed by atoms with E-state index in [1.54, 1.807) is 0 Å². The number of nitrogens with two attached hydrogens (primary N) is 1. The molecule has 0 bridgehead atoms. The zero-order valence-corrected chi connectivity index (χ0v) is 13.1. The molecule has 2 heteroatoms. The number of rotatable bonds is 4. The minimum absolute atomic E-state index is 0.0561. The molecule has 0 heterocycles. The van der Waals surface area contributed by atoms with Gasteiger partial charge in [0.25, 0.3) is 0 Å². The van der Waals surface area contributed by atoms with Gasteiger partial charge in [-0.1, -0.05) is 25.3 Å². The third-order valence-electron chi connectivity index (χ3n) is 5.02. The van der Waals surface area contributed by atoms with Crippen molar-refractivity contribution < 1.29 is 4.79 Å². The van der Waals surface area contributed by atoms with Crippen LogP contribution in [0.5, 0.6) is 0 Å². The van der Waals surface area contributed by atoms with Gasteiger partial charge >= 0.3 is 0 Å². The summed E-state index contributed by atoms with van der Waals surface area (Å²) in [6.07, 6.45) is 6.57. The van der Waals surface area contributed by atoms with Gasteiger partial charge in [-0.15, -0.1) is 0 Å². The summed E-state index contributed by atoms with van der Waals surface area (Å²) in [6, 6.07) is 4.18. The van der Waals surface area contributed by atoms with E-state index in [1.807, 2.05) is 6.92 Å². The molecule has 1 saturated carbocycles. The van der Waals surface area contributed by atoms with Crippen molar-refractivity contribution >= 4 is 5.78 Å². The molecule has 110 valence electrons. The van der Waals surface area contributed by atoms with E-state index in [0.717, 1.165) is 24.0 Å². The summed E-state index contributed by atoms with van der Waals surface area (Å²) in [6.45, 7) is 6.85. The molecule has 1 aliphatic rings. The largest absolute Gasteiger partial charge is 0.330 e. The Morgan fingerprint density at radius 2 is 1.65 bits per heavy atom. The Hall–Kier alpha value is -1.15. The van der Waals surface area contributed by atoms with E-state index in [0.29, 0.717) is 13.0 Å². The highest BCUT2D eigenvalue weighted by molar-refractivity contribution is 5.98. The van der Waals surface area contributed by atoms with Crippen molar-refractivity contribution in [3.8, 4) is 0 Å². The normalized spacial score (nSPS) is 18.0. The van der Waals surface area contributed by atoms with Gasteiger partial charge in [0.05, 0.1) is 0 Å². The first-order valence-electron chi connectivity index (χ1n) is 7.78. The molecule has 0 saturated heterocycles. The average molecular weight is 273 g/mol. The van der Waals surface area contributed by atoms with Crippen molar-refractivity contribution in [3.63, 3.8) is 0 Å². The molecule has 0 radical (unpaired) electrons. The molecule has 0 aromatic heterocycles. The third-order valence-corrected chi connectivity index (χ3v) is 5.02. The van der Waals surface area contributed by atoms with Crippen LogP contribution >= 0.6 is 0 Å². The highest BCUT2D eigenvalue weighted by atomic mass is 16.1. The Kier molecular flexibility index (Phi) is 4.64. The quantitative estimate of drug-likeness (QED) is 0.839. The van der Waals surface area contributed by atoms with E-state index < -0.39 is 0 Å². The van der Waals surface area contributed by atoms with E-state index in [9.17, 15) is 4.79 Å². The van der Waals surface area contributed by atoms with Crippen molar-refractivity contribution in [2.75, 3.05) is 6.54 Å². The number of hydrogen-bond donors (Lipinski definition) is 1. The number of carbonyl (C=O) groups is 1. The van der Waals surface area contributed by atoms with E-state index >= 15 is 0 Å². The Morgan fingerprint density at radius 1 is 1.05 bits per heavy atom. The molecule has 20 heavy (non-hydrogen) atoms. The molecule has 0 aliphatic heterocycles. The molecule has 0 amide bonds. The summed E-state index contributed by atoms with van der Waals surface area (Å²) in [5, 5.41) is 0. The number of Topliss-reactive ketones (excluding diaryl/α,β-unsaturated/α-hetero) is 1. The lowest BCUT2D eigenvalue weighted by molar-refractivity contribution is 0.0867. The van der Waals surface area contributed by atoms with Gasteiger partial charge in [-0.3, -0.25) is 4.79 Å². The fourth-order valence-corrected chi connectivity index (χ4v) is 3.45. The minimum Gasteiger partial charge on any atom is -0.330 e. The predicted molar refractivity (Wildman–Crippen MR) is 84.2 cm³/mol. The molecule has 2 N–H and O–H groups in total. The first-order chi connectivity index (χ1) is 9.47. The summed E-state index contributed by atoms with van der Waals surface area (Å²) in [5.41, 5.74) is 10.5. The second-order valence-corrected chi connectivity index (χ2v) is 6.62. The fourth-order valence-electron chi connectivity index (χ4n) is 3.45. The molecule has 1 aliphatic carbocycles. The summed E-state index contributed by atoms with van der Waals surface area (Å²) < 4.78 is 0. The Morgan fingerprint density at radius 3 is 2.25 bits per heavy atom. The number of hydrogen-bond acceptors (Lipinski definition) is 2. The Labute approximate surface area is 122 Å². The van der Waals surface area contributed by atoms with Gasteiger partial charge in [0.1, 0.15) is 0 Å². The first kappa shape index (κ1) is 15.2. The van der Waals surface area contributed by atoms with E-state index in [1.165, 1.54) is 30.4 Å². The summed E-state index contributed by atoms with van der Waals surface area (Å²) in [7, 11) is 0. The first-order valence-corrected chi connectivity index (χ1v) is 7.78. The number of carbonyl (C=O) groups excluding carboxylic acids is 1. The van der Waals surface area contributed by atoms with Gasteiger partial charge in [-0.2, -0.15) is 0 Å². The lowest BCUT2D eigenvalue weighted by Crippen LogP contribution is -2.35. The van der Waals surface area contributed by atoms with Crippen molar-refractivity contribution in [1.82, 2.24) is 0 Å². The molecule has 0 unspecified atom stereocenters. The van der Waals surface area contributed by atoms with Gasteiger partial charge in [0, 0.05) is 12.0 Å². The fraction of sp³-hybridized carbons (Fsp3) is 0.611. The van der Waals surface area contributed by atoms with Crippen molar-refractivity contribution in [2.45, 2.75) is 59.3 Å². The standard InChI is InChI=1S/C18H27NO/c1-13-9-15(3)16(10-14(13)2)17(20)11-18(12-19)7-5-4-6-8-18/h9-10H,4-8,11-12,19H2,1-3H3. The molecule has 0 spiro atoms. The van der Waals surface area contributed by atoms with Crippen molar-refractivity contribution in [2.24, 2.45) is 11.1 Å². The molecular formula is C18H27NO. The lowest BCUT2D eigenvalue weighted by Gasteiger charge is -2.35. The van der Waals surface area contributed by atoms with Crippen LogP contribution in [0.15, 0.2) is 12.1 Å². The van der Waals surface area contributed by atoms with Crippen molar-refractivity contribution in [1.29, 1.82) is 0 Å². The van der Waals surface area contributed by atoms with Crippen LogP contribution in [0.25, 0.3) is 0 Å². The highest BCUT2D eigenvalue weighted by Crippen LogP contribution is 2.39. The van der Waals surface area contributed by atoms with Crippen molar-refractivity contribution in [3.05, 3.63) is 34.4 Å². The van der Waals surface area contributed by atoms with Gasteiger partial charge in [-0.25, -0.2) is 0 Å². The third kappa shape index (κ3) is 3.12. The lowest BCUT2D eigenvalue weighted by atomic mass is 9.70. The van der Waals surface area contributed by atoms with Gasteiger partial charge in [0.2, 0.25) is 0 Å². The predicted octanol–water partition coefficient (Wildman–Crippen LogP) is 4.09. The van der Waals surface area contributed by atoms with Crippen LogP contribution in [0.2, 0.25) is 0 Å². The van der Waals surface area contributed by atoms with Crippen LogP contribution in [0.1, 0.15) is 65.6 Å². The van der Waals surface area contributed by atoms with Gasteiger partial charge < -0.3 is 5.73 Å². The van der Waals surface area contributed by atoms with Crippen LogP contribution in [-0.4, -0.2) is 12.3 Å². The van der Waals surface area contributed by atoms with Crippen LogP contribution in [-0.2, 0) is 0 Å². The van der Waals surface area contributed by atoms with Gasteiger partial charge in [0.15, 0.2) is 5.78 Å². The number of benzene rings is 1. The Bertz CT molecular complexity index is 498. The topological polar surface area (TPSA) is 43.1 Å². The molecular weight excluding hydrogens is 246 g/mol. The zero-order chi connectivity index (χ0) is 14.8. The molecule has 2 nitrogen and oxygen atoms in total. The van der Waals surface area contributed by atoms with Crippen LogP contribution < -0.4 is 5.73 Å². The van der Waals surface area contributed by atoms with E-state index in [4.69, 9.17) is 5.73 Å². The SMILES string of the molecule is Cc1cc(C)c(C(=O)CC2(CN)CCCCC2)cc1C. The highest BCUT2D eigenvalue weighted by Gasteiger charge is 2.33. The number of ketones is 1. The maximum absolute atomic E-state index is 12.7. The summed E-state index contributed by atoms with van der Waals surface area (Å²) in [4.78, 5) is 12.7. The van der Waals surface area contributed by atoms with E-state index in [-0.39, 0.29) is 11.2 Å². The maximum atomic E-state index is 12.7. The monoisotopic (exact) mass is 273 g/mol. The Balaban J connectivity index is 2.21. The molecule has 0 atom stereocenters. The van der Waals surface area contributed by atoms with E-state index in [2.05, 4.69) is 26.0 Å². The molecule has 1 aromatic carbocycles. The second kappa shape index (κ2) is 6.09. The van der Waals surface area contributed by atoms with Gasteiger partial charge in [-0.05, 0) is 68.3 Å². The minimum atomic E-state index is 0.0561. The zero-order valence-electron chi connectivity index (χ0n) is 13.1. The summed E-state index contributed by atoms with van der Waals surface area (Å²) in [5.74, 6) is 0.276. The average Bonchev–Trinajstić information content (AvgIpc) is 2.43. The second-order valence-electron chi connectivity index (χ2n) is 6.62. The smallest absolute Gasteiger partial charge is 0.163 e. The van der Waals surface area contributed by atoms with Crippen LogP contribution in [0.4, 0.5) is 0 Å². The van der Waals surface area contributed by atoms with Crippen LogP contribution in [0.3, 0.4) is 0 Å².